The van der Waals surface area contributed by atoms with Crippen molar-refractivity contribution in [2.24, 2.45) is 17.8 Å². The van der Waals surface area contributed by atoms with Crippen LogP contribution in [-0.4, -0.2) is 283 Å². The standard InChI is InChI=1S/C53H93N3O25S4/c1-75-50-29(8-2-5-18-82-21-15-54-36(59)11-13-39(62)63)41(66)46(71)34(79-50)26-77-52-31(10-4-7-19-83-22-16-55-37(60)12-14-40(64)65)43(68)47(72)35(80-52)27-76-51-30(42(67)44(69)32(24-57)78-51)9-3-6-20-84-23-17-56-38(61)28-85-53-49(74)48(73)45(70)33(25-58)81-53/h29-35,41-53,57-58,66-74H,2-28H2,1H3,(H,54,59)(H,55,60)(H,56,61)(H,62,63)(H,64,65)/p-2/t29-,30-,31-,32-,33?,34-,35-,41-,42-,43-,44-,45-,46-,47-,48+,49?,50+,51+,52+,53-/m1/s1. The molecule has 4 fully saturated rings. The van der Waals surface area contributed by atoms with Crippen molar-refractivity contribution in [1.82, 2.24) is 16.0 Å². The summed E-state index contributed by atoms with van der Waals surface area (Å²) in [6.45, 7) is -0.966. The van der Waals surface area contributed by atoms with Crippen molar-refractivity contribution >= 4 is 76.7 Å². The summed E-state index contributed by atoms with van der Waals surface area (Å²) in [6, 6.07) is 0. The molecule has 20 atom stereocenters. The predicted octanol–water partition coefficient (Wildman–Crippen LogP) is -5.50. The van der Waals surface area contributed by atoms with Crippen molar-refractivity contribution < 1.29 is 124 Å². The van der Waals surface area contributed by atoms with E-state index in [0.717, 1.165) is 23.9 Å². The first-order chi connectivity index (χ1) is 40.7. The third-order valence-electron chi connectivity index (χ3n) is 15.0. The van der Waals surface area contributed by atoms with Crippen molar-refractivity contribution in [3.63, 3.8) is 0 Å². The van der Waals surface area contributed by atoms with Crippen molar-refractivity contribution in [1.29, 1.82) is 0 Å². The van der Waals surface area contributed by atoms with Crippen LogP contribution in [0.2, 0.25) is 0 Å². The van der Waals surface area contributed by atoms with Crippen LogP contribution in [0.25, 0.3) is 0 Å². The number of carboxylic acid groups (broad SMARTS) is 2. The molecule has 0 aromatic carbocycles. The molecule has 0 radical (unpaired) electrons. The average molecular weight is 1300 g/mol. The molecule has 32 heteroatoms. The fourth-order valence-electron chi connectivity index (χ4n) is 10.1. The lowest BCUT2D eigenvalue weighted by Crippen LogP contribution is -2.60. The summed E-state index contributed by atoms with van der Waals surface area (Å²) in [6.07, 6.45) is -17.4. The first-order valence-electron chi connectivity index (χ1n) is 29.0. The monoisotopic (exact) mass is 1300 g/mol. The van der Waals surface area contributed by atoms with E-state index < -0.39 is 159 Å². The van der Waals surface area contributed by atoms with Gasteiger partial charge in [-0.1, -0.05) is 19.3 Å². The molecule has 2 unspecified atom stereocenters. The zero-order chi connectivity index (χ0) is 62.4. The Hall–Kier alpha value is -1.97. The number of nitrogens with one attached hydrogen (secondary N) is 3. The minimum atomic E-state index is -1.55. The highest BCUT2D eigenvalue weighted by Crippen LogP contribution is 2.37. The zero-order valence-corrected chi connectivity index (χ0v) is 51.2. The number of hydrogen-bond donors (Lipinski definition) is 14. The Balaban J connectivity index is 1.30. The van der Waals surface area contributed by atoms with Gasteiger partial charge in [0.1, 0.15) is 66.5 Å². The number of carboxylic acids is 2. The molecule has 4 saturated heterocycles. The second-order valence-electron chi connectivity index (χ2n) is 21.3. The molecule has 494 valence electrons. The lowest BCUT2D eigenvalue weighted by molar-refractivity contribution is -0.330. The normalized spacial score (nSPS) is 33.3. The maximum absolute atomic E-state index is 12.5. The van der Waals surface area contributed by atoms with Gasteiger partial charge in [0, 0.05) is 86.5 Å². The van der Waals surface area contributed by atoms with Gasteiger partial charge in [-0.15, -0.1) is 11.8 Å². The lowest BCUT2D eigenvalue weighted by Gasteiger charge is -2.46. The zero-order valence-electron chi connectivity index (χ0n) is 47.9. The van der Waals surface area contributed by atoms with Crippen LogP contribution >= 0.6 is 47.0 Å². The van der Waals surface area contributed by atoms with Gasteiger partial charge in [-0.05, 0) is 68.6 Å². The van der Waals surface area contributed by atoms with Crippen molar-refractivity contribution in [3.8, 4) is 0 Å². The quantitative estimate of drug-likeness (QED) is 0.0254. The summed E-state index contributed by atoms with van der Waals surface area (Å²) in [7, 11) is 1.41. The molecule has 0 aromatic rings. The first kappa shape index (κ1) is 75.5. The SMILES string of the molecule is CO[C@H]1O[C@H](CO[C@H]2O[C@H](CO[C@H]3O[C@H](CO)[C@@H](O)[C@H](O)[C@H]3CCCCSCCNC(=O)CS[C@H]3OC(CO)[C@@H](O)[C@H](O)C3O)[C@@H](O)[C@H](O)[C@H]2CCCCSCCNC(=O)CCC(=O)[O-])[C@@H](O)[C@H](O)[C@H]1CCCCSCCNC(=O)CCC(=O)[O-]. The minimum Gasteiger partial charge on any atom is -0.550 e. The van der Waals surface area contributed by atoms with Gasteiger partial charge >= 0.3 is 0 Å². The molecule has 85 heavy (non-hydrogen) atoms. The smallest absolute Gasteiger partial charge is 0.230 e. The maximum atomic E-state index is 12.5. The molecule has 4 rings (SSSR count). The number of hydrogen-bond acceptors (Lipinski definition) is 29. The van der Waals surface area contributed by atoms with E-state index in [1.165, 1.54) is 7.11 Å². The van der Waals surface area contributed by atoms with Crippen molar-refractivity contribution in [2.75, 3.05) is 93.4 Å². The molecule has 0 aliphatic carbocycles. The van der Waals surface area contributed by atoms with Crippen LogP contribution in [0.1, 0.15) is 83.5 Å². The summed E-state index contributed by atoms with van der Waals surface area (Å²) in [4.78, 5) is 57.3. The summed E-state index contributed by atoms with van der Waals surface area (Å²) in [5.41, 5.74) is -1.04. The predicted molar refractivity (Wildman–Crippen MR) is 306 cm³/mol. The van der Waals surface area contributed by atoms with Gasteiger partial charge < -0.3 is 125 Å². The molecule has 14 N–H and O–H groups in total. The molecule has 4 aliphatic rings. The van der Waals surface area contributed by atoms with Crippen molar-refractivity contribution in [2.45, 2.75) is 187 Å². The highest BCUT2D eigenvalue weighted by atomic mass is 32.2. The second kappa shape index (κ2) is 41.4. The number of thioether (sulfide) groups is 4. The number of unbranched alkanes of at least 4 members (excludes halogenated alkanes) is 3. The van der Waals surface area contributed by atoms with E-state index >= 15 is 0 Å². The third-order valence-corrected chi connectivity index (χ3v) is 19.4. The number of methoxy groups -OCH3 is 1. The molecule has 4 aliphatic heterocycles. The fourth-order valence-corrected chi connectivity index (χ4v) is 13.7. The molecule has 0 saturated carbocycles. The van der Waals surface area contributed by atoms with Crippen LogP contribution < -0.4 is 26.2 Å². The molecular weight excluding hydrogens is 1210 g/mol. The van der Waals surface area contributed by atoms with Crippen LogP contribution in [0.4, 0.5) is 0 Å². The summed E-state index contributed by atoms with van der Waals surface area (Å²) in [5, 5.41) is 147. The Morgan fingerprint density at radius 1 is 0.435 bits per heavy atom. The van der Waals surface area contributed by atoms with Gasteiger partial charge in [0.25, 0.3) is 0 Å². The fraction of sp³-hybridized carbons (Fsp3) is 0.906. The Morgan fingerprint density at radius 2 is 0.800 bits per heavy atom. The number of carbonyl (C=O) groups is 5. The lowest BCUT2D eigenvalue weighted by atomic mass is 9.86. The van der Waals surface area contributed by atoms with Crippen LogP contribution in [0.5, 0.6) is 0 Å². The first-order valence-corrected chi connectivity index (χ1v) is 33.5. The molecule has 4 heterocycles. The van der Waals surface area contributed by atoms with Crippen molar-refractivity contribution in [3.05, 3.63) is 0 Å². The van der Waals surface area contributed by atoms with Gasteiger partial charge in [-0.2, -0.15) is 35.3 Å². The van der Waals surface area contributed by atoms with E-state index in [1.54, 1.807) is 35.3 Å². The highest BCUT2D eigenvalue weighted by molar-refractivity contribution is 8.00. The van der Waals surface area contributed by atoms with Gasteiger partial charge in [0.05, 0.1) is 50.5 Å². The van der Waals surface area contributed by atoms with E-state index in [0.29, 0.717) is 99.8 Å². The topological polar surface area (TPSA) is 455 Å². The molecule has 0 spiro atoms. The summed E-state index contributed by atoms with van der Waals surface area (Å²) in [5.74, 6) is -2.31. The van der Waals surface area contributed by atoms with E-state index in [-0.39, 0.29) is 49.9 Å². The number of carbonyl (C=O) groups excluding carboxylic acids is 5. The van der Waals surface area contributed by atoms with Crippen LogP contribution in [-0.2, 0) is 57.1 Å². The Morgan fingerprint density at radius 3 is 1.21 bits per heavy atom. The molecule has 0 aromatic heterocycles. The largest absolute Gasteiger partial charge is 0.550 e. The summed E-state index contributed by atoms with van der Waals surface area (Å²) >= 11 is 5.62. The van der Waals surface area contributed by atoms with E-state index in [9.17, 15) is 90.4 Å². The minimum absolute atomic E-state index is 0.110. The van der Waals surface area contributed by atoms with E-state index in [4.69, 9.17) is 33.2 Å². The molecule has 0 bridgehead atoms. The number of ether oxygens (including phenoxy) is 7. The Bertz CT molecular complexity index is 1930. The van der Waals surface area contributed by atoms with Crippen LogP contribution in [0.3, 0.4) is 0 Å². The Kier molecular flexibility index (Phi) is 36.8. The summed E-state index contributed by atoms with van der Waals surface area (Å²) < 4.78 is 42.0. The Labute approximate surface area is 512 Å². The second-order valence-corrected chi connectivity index (χ2v) is 26.0. The van der Waals surface area contributed by atoms with E-state index in [1.807, 2.05) is 0 Å². The van der Waals surface area contributed by atoms with Gasteiger partial charge in [0.15, 0.2) is 18.9 Å². The van der Waals surface area contributed by atoms with Gasteiger partial charge in [-0.3, -0.25) is 14.4 Å². The molecule has 28 nitrogen and oxygen atoms in total. The number of aliphatic carboxylic acids is 2. The van der Waals surface area contributed by atoms with Crippen LogP contribution in [0.15, 0.2) is 0 Å². The molecular formula is C53H91N3O25S4-2. The number of aliphatic hydroxyl groups excluding tert-OH is 11. The van der Waals surface area contributed by atoms with Crippen LogP contribution in [0, 0.1) is 17.8 Å². The highest BCUT2D eigenvalue weighted by Gasteiger charge is 2.50. The average Bonchev–Trinajstić information content (AvgIpc) is 3.63. The number of aliphatic hydroxyl groups is 11. The number of rotatable bonds is 42. The third kappa shape index (κ3) is 26.0. The number of amides is 3. The molecule has 3 amide bonds. The van der Waals surface area contributed by atoms with Gasteiger partial charge in [0.2, 0.25) is 17.7 Å². The maximum Gasteiger partial charge on any atom is 0.230 e. The van der Waals surface area contributed by atoms with E-state index in [2.05, 4.69) is 16.0 Å². The van der Waals surface area contributed by atoms with Gasteiger partial charge in [-0.25, -0.2) is 0 Å².